The standard InChI is InChI=1S/C19H21ClN4O5/c1-10(11-3-5-13(6-4-11)24-19(22)27)23-18(26)12-7-14(20)17(15(8-12)28-2)29-9-16(21)25/h3-8,10H,9H2,1-2H3,(H2,21,25)(H,23,26)(H3,22,24,27). The van der Waals surface area contributed by atoms with E-state index in [4.69, 9.17) is 32.5 Å². The first kappa shape index (κ1) is 21.8. The van der Waals surface area contributed by atoms with Gasteiger partial charge in [0.1, 0.15) is 0 Å². The molecule has 4 amide bonds. The highest BCUT2D eigenvalue weighted by Crippen LogP contribution is 2.36. The number of carbonyl (C=O) groups excluding carboxylic acids is 3. The van der Waals surface area contributed by atoms with Gasteiger partial charge in [-0.25, -0.2) is 4.79 Å². The van der Waals surface area contributed by atoms with Gasteiger partial charge in [-0.2, -0.15) is 0 Å². The largest absolute Gasteiger partial charge is 0.493 e. The third-order valence-electron chi connectivity index (χ3n) is 3.88. The van der Waals surface area contributed by atoms with Crippen molar-refractivity contribution in [1.82, 2.24) is 5.32 Å². The van der Waals surface area contributed by atoms with Gasteiger partial charge >= 0.3 is 6.03 Å². The van der Waals surface area contributed by atoms with Crippen molar-refractivity contribution in [2.45, 2.75) is 13.0 Å². The fourth-order valence-corrected chi connectivity index (χ4v) is 2.76. The van der Waals surface area contributed by atoms with Gasteiger partial charge in [0.25, 0.3) is 11.8 Å². The number of rotatable bonds is 8. The van der Waals surface area contributed by atoms with Crippen LogP contribution in [0.3, 0.4) is 0 Å². The Morgan fingerprint density at radius 3 is 2.34 bits per heavy atom. The summed E-state index contributed by atoms with van der Waals surface area (Å²) in [6, 6.07) is 8.72. The van der Waals surface area contributed by atoms with Gasteiger partial charge in [0.2, 0.25) is 0 Å². The second kappa shape index (κ2) is 9.65. The summed E-state index contributed by atoms with van der Waals surface area (Å²) in [4.78, 5) is 34.4. The Bertz CT molecular complexity index is 918. The van der Waals surface area contributed by atoms with Gasteiger partial charge in [-0.3, -0.25) is 9.59 Å². The maximum absolute atomic E-state index is 12.6. The molecule has 2 aromatic rings. The fourth-order valence-electron chi connectivity index (χ4n) is 2.49. The van der Waals surface area contributed by atoms with Crippen LogP contribution in [0.25, 0.3) is 0 Å². The van der Waals surface area contributed by atoms with Crippen LogP contribution >= 0.6 is 11.6 Å². The minimum absolute atomic E-state index is 0.102. The van der Waals surface area contributed by atoms with E-state index in [1.165, 1.54) is 19.2 Å². The average Bonchev–Trinajstić information content (AvgIpc) is 2.66. The summed E-state index contributed by atoms with van der Waals surface area (Å²) in [5, 5.41) is 5.40. The number of hydrogen-bond acceptors (Lipinski definition) is 5. The highest BCUT2D eigenvalue weighted by Gasteiger charge is 2.18. The van der Waals surface area contributed by atoms with E-state index in [9.17, 15) is 14.4 Å². The van der Waals surface area contributed by atoms with E-state index >= 15 is 0 Å². The SMILES string of the molecule is COc1cc(C(=O)NC(C)c2ccc(NC(N)=O)cc2)cc(Cl)c1OCC(N)=O. The van der Waals surface area contributed by atoms with E-state index in [0.717, 1.165) is 5.56 Å². The van der Waals surface area contributed by atoms with Gasteiger partial charge in [-0.05, 0) is 36.8 Å². The average molecular weight is 421 g/mol. The number of nitrogens with one attached hydrogen (secondary N) is 2. The van der Waals surface area contributed by atoms with E-state index in [-0.39, 0.29) is 34.7 Å². The Hall–Kier alpha value is -3.46. The molecular formula is C19H21ClN4O5. The Balaban J connectivity index is 2.14. The molecule has 10 heteroatoms. The van der Waals surface area contributed by atoms with Crippen molar-refractivity contribution in [3.63, 3.8) is 0 Å². The number of benzene rings is 2. The van der Waals surface area contributed by atoms with Crippen LogP contribution in [0.4, 0.5) is 10.5 Å². The molecule has 0 aliphatic carbocycles. The molecule has 0 aliphatic rings. The molecule has 0 aliphatic heterocycles. The first-order valence-corrected chi connectivity index (χ1v) is 8.85. The smallest absolute Gasteiger partial charge is 0.316 e. The molecule has 9 nitrogen and oxygen atoms in total. The molecule has 2 rings (SSSR count). The lowest BCUT2D eigenvalue weighted by atomic mass is 10.1. The number of ether oxygens (including phenoxy) is 2. The lowest BCUT2D eigenvalue weighted by Crippen LogP contribution is -2.27. The Kier molecular flexibility index (Phi) is 7.27. The first-order valence-electron chi connectivity index (χ1n) is 8.47. The summed E-state index contributed by atoms with van der Waals surface area (Å²) in [5.41, 5.74) is 11.7. The number of primary amides is 2. The molecule has 29 heavy (non-hydrogen) atoms. The topological polar surface area (TPSA) is 146 Å². The zero-order valence-electron chi connectivity index (χ0n) is 15.8. The second-order valence-electron chi connectivity index (χ2n) is 6.05. The van der Waals surface area contributed by atoms with Crippen molar-refractivity contribution >= 4 is 35.1 Å². The number of nitrogens with two attached hydrogens (primary N) is 2. The van der Waals surface area contributed by atoms with Crippen molar-refractivity contribution in [2.75, 3.05) is 19.0 Å². The van der Waals surface area contributed by atoms with Gasteiger partial charge < -0.3 is 31.6 Å². The molecule has 0 spiro atoms. The molecular weight excluding hydrogens is 400 g/mol. The molecule has 0 aromatic heterocycles. The molecule has 1 unspecified atom stereocenters. The van der Waals surface area contributed by atoms with E-state index in [2.05, 4.69) is 10.6 Å². The number of urea groups is 1. The lowest BCUT2D eigenvalue weighted by molar-refractivity contribution is -0.119. The zero-order valence-corrected chi connectivity index (χ0v) is 16.6. The first-order chi connectivity index (χ1) is 13.7. The molecule has 0 bridgehead atoms. The molecule has 0 saturated carbocycles. The number of hydrogen-bond donors (Lipinski definition) is 4. The van der Waals surface area contributed by atoms with E-state index < -0.39 is 17.8 Å². The van der Waals surface area contributed by atoms with Crippen LogP contribution < -0.4 is 31.6 Å². The normalized spacial score (nSPS) is 11.3. The van der Waals surface area contributed by atoms with Crippen molar-refractivity contribution in [1.29, 1.82) is 0 Å². The molecule has 154 valence electrons. The van der Waals surface area contributed by atoms with E-state index in [1.54, 1.807) is 31.2 Å². The third kappa shape index (κ3) is 6.01. The van der Waals surface area contributed by atoms with Crippen LogP contribution in [0, 0.1) is 0 Å². The summed E-state index contributed by atoms with van der Waals surface area (Å²) in [6.07, 6.45) is 0. The zero-order chi connectivity index (χ0) is 21.6. The van der Waals surface area contributed by atoms with E-state index in [0.29, 0.717) is 5.69 Å². The van der Waals surface area contributed by atoms with Gasteiger partial charge in [-0.1, -0.05) is 23.7 Å². The summed E-state index contributed by atoms with van der Waals surface area (Å²) in [6.45, 7) is 1.43. The second-order valence-corrected chi connectivity index (χ2v) is 6.46. The predicted octanol–water partition coefficient (Wildman–Crippen LogP) is 2.19. The highest BCUT2D eigenvalue weighted by molar-refractivity contribution is 6.32. The molecule has 0 saturated heterocycles. The molecule has 0 heterocycles. The quantitative estimate of drug-likeness (QED) is 0.517. The van der Waals surface area contributed by atoms with Crippen molar-refractivity contribution in [2.24, 2.45) is 11.5 Å². The van der Waals surface area contributed by atoms with Gasteiger partial charge in [0, 0.05) is 11.3 Å². The summed E-state index contributed by atoms with van der Waals surface area (Å²) in [7, 11) is 1.38. The number of methoxy groups -OCH3 is 1. The fraction of sp³-hybridized carbons (Fsp3) is 0.211. The number of halogens is 1. The Labute approximate surface area is 172 Å². The monoisotopic (exact) mass is 420 g/mol. The van der Waals surface area contributed by atoms with Gasteiger partial charge in [0.15, 0.2) is 18.1 Å². The Morgan fingerprint density at radius 1 is 1.14 bits per heavy atom. The van der Waals surface area contributed by atoms with Gasteiger partial charge in [-0.15, -0.1) is 0 Å². The third-order valence-corrected chi connectivity index (χ3v) is 4.16. The molecule has 1 atom stereocenters. The van der Waals surface area contributed by atoms with Gasteiger partial charge in [0.05, 0.1) is 18.2 Å². The molecule has 0 radical (unpaired) electrons. The predicted molar refractivity (Wildman–Crippen MR) is 108 cm³/mol. The minimum atomic E-state index is -0.671. The maximum Gasteiger partial charge on any atom is 0.316 e. The molecule has 6 N–H and O–H groups in total. The Morgan fingerprint density at radius 2 is 1.79 bits per heavy atom. The number of amides is 4. The summed E-state index contributed by atoms with van der Waals surface area (Å²) >= 11 is 6.17. The van der Waals surface area contributed by atoms with Crippen LogP contribution in [0.15, 0.2) is 36.4 Å². The molecule has 2 aromatic carbocycles. The van der Waals surface area contributed by atoms with Crippen LogP contribution in [0.1, 0.15) is 28.9 Å². The van der Waals surface area contributed by atoms with E-state index in [1.807, 2.05) is 0 Å². The van der Waals surface area contributed by atoms with Crippen molar-refractivity contribution in [3.8, 4) is 11.5 Å². The summed E-state index contributed by atoms with van der Waals surface area (Å²) < 4.78 is 10.4. The van der Waals surface area contributed by atoms with Crippen molar-refractivity contribution < 1.29 is 23.9 Å². The van der Waals surface area contributed by atoms with Crippen LogP contribution in [-0.4, -0.2) is 31.6 Å². The molecule has 0 fully saturated rings. The van der Waals surface area contributed by atoms with Crippen molar-refractivity contribution in [3.05, 3.63) is 52.5 Å². The minimum Gasteiger partial charge on any atom is -0.493 e. The summed E-state index contributed by atoms with van der Waals surface area (Å²) in [5.74, 6) is -0.747. The maximum atomic E-state index is 12.6. The lowest BCUT2D eigenvalue weighted by Gasteiger charge is -2.17. The highest BCUT2D eigenvalue weighted by atomic mass is 35.5. The number of anilines is 1. The van der Waals surface area contributed by atoms with Crippen LogP contribution in [0.5, 0.6) is 11.5 Å². The van der Waals surface area contributed by atoms with Crippen LogP contribution in [-0.2, 0) is 4.79 Å². The number of carbonyl (C=O) groups is 3. The van der Waals surface area contributed by atoms with Crippen LogP contribution in [0.2, 0.25) is 5.02 Å².